The van der Waals surface area contributed by atoms with E-state index in [2.05, 4.69) is 10.6 Å². The zero-order valence-corrected chi connectivity index (χ0v) is 17.1. The van der Waals surface area contributed by atoms with E-state index in [4.69, 9.17) is 9.47 Å². The van der Waals surface area contributed by atoms with Gasteiger partial charge in [-0.3, -0.25) is 4.79 Å². The first-order valence-corrected chi connectivity index (χ1v) is 10.1. The van der Waals surface area contributed by atoms with Gasteiger partial charge < -0.3 is 25.0 Å². The first-order valence-electron chi connectivity index (χ1n) is 9.20. The number of nitrogens with one attached hydrogen (secondary N) is 2. The lowest BCUT2D eigenvalue weighted by Crippen LogP contribution is -2.49. The van der Waals surface area contributed by atoms with Gasteiger partial charge in [-0.2, -0.15) is 0 Å². The van der Waals surface area contributed by atoms with Crippen molar-refractivity contribution in [3.05, 3.63) is 45.6 Å². The SMILES string of the molecule is CCNC(=O)N1CCc2cc(OC)c(OC)cc2C1CNC(=O)c1cccs1. The summed E-state index contributed by atoms with van der Waals surface area (Å²) in [4.78, 5) is 27.5. The zero-order chi connectivity index (χ0) is 20.1. The standard InChI is InChI=1S/C20H25N3O4S/c1-4-21-20(25)23-8-7-13-10-16(26-2)17(27-3)11-14(13)15(23)12-22-19(24)18-6-5-9-28-18/h5-6,9-11,15H,4,7-8,12H2,1-3H3,(H,21,25)(H,22,24). The molecule has 1 aromatic heterocycles. The third-order valence-corrected chi connectivity index (χ3v) is 5.66. The molecule has 0 saturated carbocycles. The summed E-state index contributed by atoms with van der Waals surface area (Å²) < 4.78 is 10.9. The van der Waals surface area contributed by atoms with Crippen molar-refractivity contribution >= 4 is 23.3 Å². The first-order chi connectivity index (χ1) is 13.6. The number of amides is 3. The molecule has 3 rings (SSSR count). The summed E-state index contributed by atoms with van der Waals surface area (Å²) in [6.45, 7) is 3.31. The predicted octanol–water partition coefficient (Wildman–Crippen LogP) is 2.82. The lowest BCUT2D eigenvalue weighted by Gasteiger charge is -2.37. The van der Waals surface area contributed by atoms with Crippen LogP contribution in [0.5, 0.6) is 11.5 Å². The maximum Gasteiger partial charge on any atom is 0.317 e. The van der Waals surface area contributed by atoms with Crippen molar-refractivity contribution < 1.29 is 19.1 Å². The van der Waals surface area contributed by atoms with E-state index in [1.807, 2.05) is 30.5 Å². The highest BCUT2D eigenvalue weighted by atomic mass is 32.1. The summed E-state index contributed by atoms with van der Waals surface area (Å²) in [6, 6.07) is 7.05. The predicted molar refractivity (Wildman–Crippen MR) is 108 cm³/mol. The van der Waals surface area contributed by atoms with E-state index in [1.165, 1.54) is 11.3 Å². The molecule has 28 heavy (non-hydrogen) atoms. The van der Waals surface area contributed by atoms with Gasteiger partial charge in [-0.25, -0.2) is 4.79 Å². The van der Waals surface area contributed by atoms with Crippen LogP contribution in [0, 0.1) is 0 Å². The van der Waals surface area contributed by atoms with Crippen molar-refractivity contribution in [3.8, 4) is 11.5 Å². The fraction of sp³-hybridized carbons (Fsp3) is 0.400. The first kappa shape index (κ1) is 20.0. The number of carbonyl (C=O) groups excluding carboxylic acids is 2. The van der Waals surface area contributed by atoms with Gasteiger partial charge in [0.25, 0.3) is 5.91 Å². The Morgan fingerprint density at radius 2 is 1.96 bits per heavy atom. The normalized spacial score (nSPS) is 15.5. The molecule has 1 aromatic carbocycles. The third-order valence-electron chi connectivity index (χ3n) is 4.79. The number of fused-ring (bicyclic) bond motifs is 1. The molecule has 1 unspecified atom stereocenters. The quantitative estimate of drug-likeness (QED) is 0.777. The van der Waals surface area contributed by atoms with Gasteiger partial charge in [0.1, 0.15) is 0 Å². The number of thiophene rings is 1. The van der Waals surface area contributed by atoms with Crippen LogP contribution in [-0.2, 0) is 6.42 Å². The number of ether oxygens (including phenoxy) is 2. The van der Waals surface area contributed by atoms with Gasteiger partial charge in [-0.05, 0) is 48.1 Å². The lowest BCUT2D eigenvalue weighted by atomic mass is 9.91. The largest absolute Gasteiger partial charge is 0.493 e. The van der Waals surface area contributed by atoms with Crippen molar-refractivity contribution in [2.75, 3.05) is 33.9 Å². The molecule has 0 aliphatic carbocycles. The fourth-order valence-electron chi connectivity index (χ4n) is 3.43. The van der Waals surface area contributed by atoms with Gasteiger partial charge in [0.05, 0.1) is 25.1 Å². The molecule has 0 fully saturated rings. The van der Waals surface area contributed by atoms with Gasteiger partial charge in [0.2, 0.25) is 0 Å². The van der Waals surface area contributed by atoms with Crippen molar-refractivity contribution in [1.82, 2.24) is 15.5 Å². The van der Waals surface area contributed by atoms with Crippen molar-refractivity contribution in [2.45, 2.75) is 19.4 Å². The second-order valence-electron chi connectivity index (χ2n) is 6.39. The van der Waals surface area contributed by atoms with Gasteiger partial charge in [-0.15, -0.1) is 11.3 Å². The molecule has 1 aliphatic rings. The van der Waals surface area contributed by atoms with E-state index >= 15 is 0 Å². The summed E-state index contributed by atoms with van der Waals surface area (Å²) in [7, 11) is 3.19. The summed E-state index contributed by atoms with van der Waals surface area (Å²) in [5, 5.41) is 7.69. The van der Waals surface area contributed by atoms with Crippen molar-refractivity contribution in [2.24, 2.45) is 0 Å². The number of urea groups is 1. The third kappa shape index (κ3) is 4.06. The average Bonchev–Trinajstić information content (AvgIpc) is 3.25. The van der Waals surface area contributed by atoms with E-state index < -0.39 is 0 Å². The van der Waals surface area contributed by atoms with E-state index in [0.717, 1.165) is 11.1 Å². The number of hydrogen-bond acceptors (Lipinski definition) is 5. The lowest BCUT2D eigenvalue weighted by molar-refractivity contribution is 0.0938. The topological polar surface area (TPSA) is 79.9 Å². The van der Waals surface area contributed by atoms with Crippen LogP contribution in [0.3, 0.4) is 0 Å². The van der Waals surface area contributed by atoms with Gasteiger partial charge in [0.15, 0.2) is 11.5 Å². The van der Waals surface area contributed by atoms with Crippen molar-refractivity contribution in [3.63, 3.8) is 0 Å². The fourth-order valence-corrected chi connectivity index (χ4v) is 4.07. The monoisotopic (exact) mass is 403 g/mol. The van der Waals surface area contributed by atoms with Crippen LogP contribution in [0.15, 0.2) is 29.6 Å². The molecule has 0 spiro atoms. The molecule has 0 radical (unpaired) electrons. The van der Waals surface area contributed by atoms with Crippen LogP contribution in [0.2, 0.25) is 0 Å². The molecular weight excluding hydrogens is 378 g/mol. The average molecular weight is 404 g/mol. The molecule has 1 atom stereocenters. The molecule has 2 heterocycles. The van der Waals surface area contributed by atoms with Gasteiger partial charge >= 0.3 is 6.03 Å². The Morgan fingerprint density at radius 1 is 1.21 bits per heavy atom. The second-order valence-corrected chi connectivity index (χ2v) is 7.34. The summed E-state index contributed by atoms with van der Waals surface area (Å²) in [5.41, 5.74) is 2.05. The number of nitrogens with zero attached hydrogens (tertiary/aromatic N) is 1. The highest BCUT2D eigenvalue weighted by Gasteiger charge is 2.32. The summed E-state index contributed by atoms with van der Waals surface area (Å²) in [5.74, 6) is 1.13. The highest BCUT2D eigenvalue weighted by molar-refractivity contribution is 7.12. The minimum absolute atomic E-state index is 0.140. The number of benzene rings is 1. The summed E-state index contributed by atoms with van der Waals surface area (Å²) in [6.07, 6.45) is 0.711. The van der Waals surface area contributed by atoms with Crippen LogP contribution in [0.4, 0.5) is 4.79 Å². The number of rotatable bonds is 6. The Labute approximate surface area is 168 Å². The smallest absolute Gasteiger partial charge is 0.317 e. The summed E-state index contributed by atoms with van der Waals surface area (Å²) >= 11 is 1.39. The number of methoxy groups -OCH3 is 2. The Morgan fingerprint density at radius 3 is 2.61 bits per heavy atom. The molecule has 3 amide bonds. The molecule has 7 nitrogen and oxygen atoms in total. The highest BCUT2D eigenvalue weighted by Crippen LogP contribution is 2.38. The molecule has 1 aliphatic heterocycles. The van der Waals surface area contributed by atoms with Gasteiger partial charge in [0, 0.05) is 19.6 Å². The van der Waals surface area contributed by atoms with E-state index in [1.54, 1.807) is 25.2 Å². The molecule has 0 bridgehead atoms. The van der Waals surface area contributed by atoms with Crippen LogP contribution >= 0.6 is 11.3 Å². The molecule has 150 valence electrons. The molecular formula is C20H25N3O4S. The Kier molecular flexibility index (Phi) is 6.41. The maximum absolute atomic E-state index is 12.6. The zero-order valence-electron chi connectivity index (χ0n) is 16.3. The molecule has 2 aromatic rings. The van der Waals surface area contributed by atoms with Crippen LogP contribution in [0.25, 0.3) is 0 Å². The van der Waals surface area contributed by atoms with E-state index in [9.17, 15) is 9.59 Å². The van der Waals surface area contributed by atoms with Crippen LogP contribution in [-0.4, -0.2) is 50.7 Å². The molecule has 0 saturated heterocycles. The van der Waals surface area contributed by atoms with E-state index in [-0.39, 0.29) is 18.0 Å². The minimum atomic E-state index is -0.293. The Bertz CT molecular complexity index is 838. The number of hydrogen-bond donors (Lipinski definition) is 2. The van der Waals surface area contributed by atoms with Gasteiger partial charge in [-0.1, -0.05) is 6.07 Å². The minimum Gasteiger partial charge on any atom is -0.493 e. The van der Waals surface area contributed by atoms with E-state index in [0.29, 0.717) is 42.4 Å². The second kappa shape index (κ2) is 8.97. The maximum atomic E-state index is 12.6. The Balaban J connectivity index is 1.91. The van der Waals surface area contributed by atoms with Crippen molar-refractivity contribution in [1.29, 1.82) is 0 Å². The van der Waals surface area contributed by atoms with Crippen LogP contribution in [0.1, 0.15) is 33.8 Å². The van der Waals surface area contributed by atoms with Crippen LogP contribution < -0.4 is 20.1 Å². The molecule has 8 heteroatoms. The number of carbonyl (C=O) groups is 2. The Hall–Kier alpha value is -2.74. The molecule has 2 N–H and O–H groups in total.